The van der Waals surface area contributed by atoms with Gasteiger partial charge in [-0.2, -0.15) is 0 Å². The van der Waals surface area contributed by atoms with E-state index in [0.717, 1.165) is 30.6 Å². The van der Waals surface area contributed by atoms with Crippen LogP contribution in [-0.4, -0.2) is 42.9 Å². The van der Waals surface area contributed by atoms with Crippen LogP contribution in [0.4, 0.5) is 15.8 Å². The van der Waals surface area contributed by atoms with E-state index in [-0.39, 0.29) is 17.4 Å². The Morgan fingerprint density at radius 2 is 1.66 bits per heavy atom. The van der Waals surface area contributed by atoms with Crippen LogP contribution in [-0.2, 0) is 4.79 Å². The van der Waals surface area contributed by atoms with Crippen molar-refractivity contribution < 1.29 is 14.0 Å². The Morgan fingerprint density at radius 1 is 0.966 bits per heavy atom. The number of nitrogens with one attached hydrogen (secondary N) is 1. The largest absolute Gasteiger partial charge is 0.368 e. The molecule has 0 bridgehead atoms. The highest BCUT2D eigenvalue weighted by molar-refractivity contribution is 5.94. The quantitative estimate of drug-likeness (QED) is 0.709. The molecule has 6 heteroatoms. The average Bonchev–Trinajstić information content (AvgIpc) is 2.74. The third-order valence-electron chi connectivity index (χ3n) is 5.19. The monoisotopic (exact) mass is 397 g/mol. The maximum absolute atomic E-state index is 13.9. The molecule has 0 spiro atoms. The van der Waals surface area contributed by atoms with Crippen LogP contribution >= 0.6 is 0 Å². The lowest BCUT2D eigenvalue weighted by atomic mass is 10.1. The van der Waals surface area contributed by atoms with E-state index in [4.69, 9.17) is 0 Å². The second kappa shape index (κ2) is 10.0. The zero-order chi connectivity index (χ0) is 20.6. The van der Waals surface area contributed by atoms with Gasteiger partial charge in [0.2, 0.25) is 5.91 Å². The summed E-state index contributed by atoms with van der Waals surface area (Å²) >= 11 is 0. The van der Waals surface area contributed by atoms with E-state index in [1.165, 1.54) is 12.1 Å². The van der Waals surface area contributed by atoms with E-state index < -0.39 is 5.82 Å². The number of hydrogen-bond acceptors (Lipinski definition) is 3. The molecule has 0 unspecified atom stereocenters. The van der Waals surface area contributed by atoms with Gasteiger partial charge >= 0.3 is 0 Å². The minimum atomic E-state index is -0.479. The third kappa shape index (κ3) is 5.56. The lowest BCUT2D eigenvalue weighted by Gasteiger charge is -2.36. The van der Waals surface area contributed by atoms with Gasteiger partial charge in [-0.05, 0) is 42.8 Å². The molecule has 1 N–H and O–H groups in total. The lowest BCUT2D eigenvalue weighted by molar-refractivity contribution is -0.116. The molecule has 1 aliphatic heterocycles. The Labute approximate surface area is 171 Å². The summed E-state index contributed by atoms with van der Waals surface area (Å²) in [6.07, 6.45) is 3.63. The van der Waals surface area contributed by atoms with E-state index in [9.17, 15) is 14.0 Å². The van der Waals surface area contributed by atoms with Gasteiger partial charge in [0.1, 0.15) is 5.82 Å². The number of piperazine rings is 1. The fraction of sp³-hybridized carbons (Fsp3) is 0.391. The summed E-state index contributed by atoms with van der Waals surface area (Å²) in [5, 5.41) is 2.93. The molecule has 3 rings (SSSR count). The van der Waals surface area contributed by atoms with Crippen molar-refractivity contribution in [3.63, 3.8) is 0 Å². The van der Waals surface area contributed by atoms with Crippen molar-refractivity contribution >= 4 is 23.2 Å². The van der Waals surface area contributed by atoms with Crippen molar-refractivity contribution in [1.29, 1.82) is 0 Å². The molecule has 1 heterocycles. The first-order valence-corrected chi connectivity index (χ1v) is 10.3. The summed E-state index contributed by atoms with van der Waals surface area (Å²) in [6.45, 7) is 4.57. The molecule has 2 aromatic carbocycles. The predicted octanol–water partition coefficient (Wildman–Crippen LogP) is 4.31. The fourth-order valence-corrected chi connectivity index (χ4v) is 3.49. The molecule has 29 heavy (non-hydrogen) atoms. The first-order valence-electron chi connectivity index (χ1n) is 10.3. The van der Waals surface area contributed by atoms with Crippen molar-refractivity contribution in [2.24, 2.45) is 0 Å². The molecule has 1 fully saturated rings. The Kier molecular flexibility index (Phi) is 7.22. The number of carbonyl (C=O) groups is 2. The maximum Gasteiger partial charge on any atom is 0.256 e. The van der Waals surface area contributed by atoms with Crippen LogP contribution < -0.4 is 10.2 Å². The summed E-state index contributed by atoms with van der Waals surface area (Å²) in [4.78, 5) is 28.3. The molecule has 1 saturated heterocycles. The number of halogens is 1. The van der Waals surface area contributed by atoms with E-state index in [1.807, 2.05) is 24.3 Å². The maximum atomic E-state index is 13.9. The van der Waals surface area contributed by atoms with Crippen LogP contribution in [0, 0.1) is 5.82 Å². The molecule has 1 aliphatic rings. The molecule has 0 saturated carbocycles. The zero-order valence-electron chi connectivity index (χ0n) is 16.9. The van der Waals surface area contributed by atoms with Gasteiger partial charge in [-0.25, -0.2) is 4.39 Å². The molecule has 0 aromatic heterocycles. The van der Waals surface area contributed by atoms with Crippen LogP contribution in [0.2, 0.25) is 0 Å². The van der Waals surface area contributed by atoms with Gasteiger partial charge in [0.15, 0.2) is 0 Å². The van der Waals surface area contributed by atoms with Gasteiger partial charge in [0, 0.05) is 44.0 Å². The normalized spacial score (nSPS) is 14.0. The van der Waals surface area contributed by atoms with Gasteiger partial charge < -0.3 is 15.1 Å². The van der Waals surface area contributed by atoms with Crippen molar-refractivity contribution in [2.45, 2.75) is 32.6 Å². The summed E-state index contributed by atoms with van der Waals surface area (Å²) in [6, 6.07) is 13.9. The van der Waals surface area contributed by atoms with Gasteiger partial charge in [-0.1, -0.05) is 31.9 Å². The van der Waals surface area contributed by atoms with Gasteiger partial charge in [0.05, 0.1) is 5.56 Å². The van der Waals surface area contributed by atoms with Crippen LogP contribution in [0.15, 0.2) is 48.5 Å². The van der Waals surface area contributed by atoms with E-state index in [0.29, 0.717) is 32.6 Å². The van der Waals surface area contributed by atoms with Gasteiger partial charge in [-0.3, -0.25) is 9.59 Å². The lowest BCUT2D eigenvalue weighted by Crippen LogP contribution is -2.49. The molecule has 0 radical (unpaired) electrons. The van der Waals surface area contributed by atoms with Crippen LogP contribution in [0.5, 0.6) is 0 Å². The van der Waals surface area contributed by atoms with E-state index in [1.54, 1.807) is 17.0 Å². The third-order valence-corrected chi connectivity index (χ3v) is 5.19. The number of benzene rings is 2. The molecule has 0 aliphatic carbocycles. The van der Waals surface area contributed by atoms with E-state index >= 15 is 0 Å². The molecular weight excluding hydrogens is 369 g/mol. The van der Waals surface area contributed by atoms with Crippen molar-refractivity contribution in [2.75, 3.05) is 36.4 Å². The van der Waals surface area contributed by atoms with Crippen LogP contribution in [0.25, 0.3) is 0 Å². The highest BCUT2D eigenvalue weighted by atomic mass is 19.1. The second-order valence-electron chi connectivity index (χ2n) is 7.31. The van der Waals surface area contributed by atoms with Crippen molar-refractivity contribution in [3.8, 4) is 0 Å². The smallest absolute Gasteiger partial charge is 0.256 e. The molecule has 5 nitrogen and oxygen atoms in total. The number of rotatable bonds is 7. The number of hydrogen-bond donors (Lipinski definition) is 1. The summed E-state index contributed by atoms with van der Waals surface area (Å²) < 4.78 is 13.9. The van der Waals surface area contributed by atoms with Crippen molar-refractivity contribution in [1.82, 2.24) is 4.90 Å². The number of carbonyl (C=O) groups excluding carboxylic acids is 2. The van der Waals surface area contributed by atoms with Gasteiger partial charge in [0.25, 0.3) is 5.91 Å². The standard InChI is InChI=1S/C23H28FN3O2/c1-2-3-4-9-22(28)25-18-10-12-19(13-11-18)26-14-16-27(17-15-26)23(29)20-7-5-6-8-21(20)24/h5-8,10-13H,2-4,9,14-17H2,1H3,(H,25,28). The Morgan fingerprint density at radius 3 is 2.31 bits per heavy atom. The molecule has 154 valence electrons. The fourth-order valence-electron chi connectivity index (χ4n) is 3.49. The second-order valence-corrected chi connectivity index (χ2v) is 7.31. The molecule has 2 amide bonds. The highest BCUT2D eigenvalue weighted by Crippen LogP contribution is 2.21. The topological polar surface area (TPSA) is 52.7 Å². The van der Waals surface area contributed by atoms with Crippen molar-refractivity contribution in [3.05, 3.63) is 59.9 Å². The predicted molar refractivity (Wildman–Crippen MR) is 114 cm³/mol. The molecule has 2 aromatic rings. The number of unbranched alkanes of at least 4 members (excludes halogenated alkanes) is 2. The SMILES string of the molecule is CCCCCC(=O)Nc1ccc(N2CCN(C(=O)c3ccccc3F)CC2)cc1. The van der Waals surface area contributed by atoms with Crippen LogP contribution in [0.3, 0.4) is 0 Å². The first kappa shape index (κ1) is 20.8. The first-order chi connectivity index (χ1) is 14.1. The Balaban J connectivity index is 1.51. The van der Waals surface area contributed by atoms with E-state index in [2.05, 4.69) is 17.1 Å². The number of amides is 2. The summed E-state index contributed by atoms with van der Waals surface area (Å²) in [5.41, 5.74) is 1.97. The highest BCUT2D eigenvalue weighted by Gasteiger charge is 2.24. The summed E-state index contributed by atoms with van der Waals surface area (Å²) in [5.74, 6) is -0.692. The average molecular weight is 397 g/mol. The van der Waals surface area contributed by atoms with Crippen LogP contribution in [0.1, 0.15) is 43.0 Å². The molecule has 0 atom stereocenters. The number of nitrogens with zero attached hydrogens (tertiary/aromatic N) is 2. The minimum Gasteiger partial charge on any atom is -0.368 e. The Hall–Kier alpha value is -2.89. The van der Waals surface area contributed by atoms with Gasteiger partial charge in [-0.15, -0.1) is 0 Å². The Bertz CT molecular complexity index is 830. The minimum absolute atomic E-state index is 0.0477. The summed E-state index contributed by atoms with van der Waals surface area (Å²) in [7, 11) is 0. The zero-order valence-corrected chi connectivity index (χ0v) is 16.9. The number of anilines is 2. The molecular formula is C23H28FN3O2.